The van der Waals surface area contributed by atoms with Crippen LogP contribution in [0, 0.1) is 0 Å². The first-order valence-electron chi connectivity index (χ1n) is 0. The molecule has 4 heavy (non-hydrogen) atoms. The largest absolute Gasteiger partial charge is 0 e. The second-order valence-electron chi connectivity index (χ2n) is 0. The minimum absolute atomic E-state index is 0. The van der Waals surface area contributed by atoms with Crippen molar-refractivity contribution in [2.75, 3.05) is 0 Å². The van der Waals surface area contributed by atoms with Crippen LogP contribution >= 0.6 is 0 Å². The summed E-state index contributed by atoms with van der Waals surface area (Å²) in [6, 6.07) is 0. The molecule has 0 saturated heterocycles. The Labute approximate surface area is 87.2 Å². The van der Waals surface area contributed by atoms with Gasteiger partial charge in [-0.15, -0.1) is 0 Å². The quantitative estimate of drug-likeness (QED) is 0.443. The SMILES string of the molecule is [Mn].[Sn].[Sn].[Sn]. The Morgan fingerprint density at radius 1 is 0.500 bits per heavy atom. The molecule has 0 atom stereocenters. The molecule has 0 saturated carbocycles. The fourth-order valence-corrected chi connectivity index (χ4v) is 0. The van der Waals surface area contributed by atoms with Crippen LogP contribution in [0.5, 0.6) is 0 Å². The third kappa shape index (κ3) is 8.87. The Hall–Kier alpha value is 2.92. The zero-order chi connectivity index (χ0) is 0. The van der Waals surface area contributed by atoms with Gasteiger partial charge < -0.3 is 0 Å². The summed E-state index contributed by atoms with van der Waals surface area (Å²) in [5.74, 6) is 0. The fraction of sp³-hybridized carbons (Fsp3) is 0. The predicted molar refractivity (Wildman–Crippen MR) is 17.3 cm³/mol. The predicted octanol–water partition coefficient (Wildman–Crippen LogP) is -1.14. The topological polar surface area (TPSA) is 0 Å². The molecule has 0 aliphatic rings. The van der Waals surface area contributed by atoms with E-state index < -0.39 is 0 Å². The summed E-state index contributed by atoms with van der Waals surface area (Å²) in [4.78, 5) is 0. The van der Waals surface area contributed by atoms with Crippen LogP contribution in [-0.2, 0) is 17.1 Å². The molecule has 0 unspecified atom stereocenters. The van der Waals surface area contributed by atoms with Crippen molar-refractivity contribution in [2.24, 2.45) is 0 Å². The molecular weight excluding hydrogens is 411 g/mol. The summed E-state index contributed by atoms with van der Waals surface area (Å²) in [7, 11) is 0. The van der Waals surface area contributed by atoms with E-state index in [1.807, 2.05) is 0 Å². The zero-order valence-electron chi connectivity index (χ0n) is 1.88. The average Bonchev–Trinajstić information content (AvgIpc) is 0. The molecule has 0 N–H and O–H groups in total. The first-order valence-corrected chi connectivity index (χ1v) is 0. The second kappa shape index (κ2) is 16.8. The summed E-state index contributed by atoms with van der Waals surface area (Å²) in [5, 5.41) is 0. The van der Waals surface area contributed by atoms with Crippen molar-refractivity contribution >= 4 is 71.7 Å². The first kappa shape index (κ1) is 28.5. The summed E-state index contributed by atoms with van der Waals surface area (Å²) < 4.78 is 0. The van der Waals surface area contributed by atoms with Crippen LogP contribution < -0.4 is 0 Å². The van der Waals surface area contributed by atoms with Crippen molar-refractivity contribution in [1.82, 2.24) is 0 Å². The van der Waals surface area contributed by atoms with Crippen LogP contribution in [0.2, 0.25) is 0 Å². The molecule has 0 aliphatic carbocycles. The Kier molecular flexibility index (Phi) is 120. The normalized spacial score (nSPS) is 0. The van der Waals surface area contributed by atoms with Crippen LogP contribution in [0.4, 0.5) is 0 Å². The van der Waals surface area contributed by atoms with E-state index in [1.165, 1.54) is 0 Å². The minimum atomic E-state index is 0. The maximum Gasteiger partial charge on any atom is 0 e. The Balaban J connectivity index is 0. The molecule has 0 nitrogen and oxygen atoms in total. The van der Waals surface area contributed by atoms with E-state index in [0.717, 1.165) is 0 Å². The van der Waals surface area contributed by atoms with Crippen molar-refractivity contribution in [3.63, 3.8) is 0 Å². The molecule has 0 aromatic rings. The van der Waals surface area contributed by atoms with Crippen molar-refractivity contribution in [1.29, 1.82) is 0 Å². The Morgan fingerprint density at radius 2 is 0.500 bits per heavy atom. The monoisotopic (exact) mass is 415 g/mol. The van der Waals surface area contributed by atoms with Gasteiger partial charge in [0.05, 0.1) is 0 Å². The molecule has 0 aliphatic heterocycles. The van der Waals surface area contributed by atoms with Gasteiger partial charge in [-0.1, -0.05) is 0 Å². The molecule has 13 radical (unpaired) electrons. The fourth-order valence-electron chi connectivity index (χ4n) is 0. The van der Waals surface area contributed by atoms with Crippen LogP contribution in [0.1, 0.15) is 0 Å². The molecular formula is MnSn3. The van der Waals surface area contributed by atoms with Crippen LogP contribution in [0.15, 0.2) is 0 Å². The van der Waals surface area contributed by atoms with Crippen LogP contribution in [-0.4, -0.2) is 71.7 Å². The van der Waals surface area contributed by atoms with E-state index in [9.17, 15) is 0 Å². The van der Waals surface area contributed by atoms with E-state index in [-0.39, 0.29) is 88.8 Å². The van der Waals surface area contributed by atoms with Gasteiger partial charge in [0.15, 0.2) is 0 Å². The Morgan fingerprint density at radius 3 is 0.500 bits per heavy atom. The van der Waals surface area contributed by atoms with E-state index in [1.54, 1.807) is 0 Å². The second-order valence-corrected chi connectivity index (χ2v) is 0. The standard InChI is InChI=1S/Mn.3Sn. The first-order chi connectivity index (χ1) is 0. The maximum absolute atomic E-state index is 0. The number of hydrogen-bond donors (Lipinski definition) is 0. The molecule has 4 heteroatoms. The van der Waals surface area contributed by atoms with Gasteiger partial charge >= 0.3 is 0 Å². The molecule has 0 spiro atoms. The molecule has 19 valence electrons. The van der Waals surface area contributed by atoms with E-state index in [0.29, 0.717) is 0 Å². The molecule has 0 bridgehead atoms. The van der Waals surface area contributed by atoms with E-state index in [2.05, 4.69) is 0 Å². The smallest absolute Gasteiger partial charge is 0 e. The van der Waals surface area contributed by atoms with Gasteiger partial charge in [0.25, 0.3) is 0 Å². The van der Waals surface area contributed by atoms with Gasteiger partial charge in [-0.05, 0) is 0 Å². The maximum atomic E-state index is 0. The van der Waals surface area contributed by atoms with Crippen LogP contribution in [0.25, 0.3) is 0 Å². The van der Waals surface area contributed by atoms with Crippen molar-refractivity contribution in [3.8, 4) is 0 Å². The molecule has 0 rings (SSSR count). The summed E-state index contributed by atoms with van der Waals surface area (Å²) in [5.41, 5.74) is 0. The van der Waals surface area contributed by atoms with Crippen molar-refractivity contribution < 1.29 is 17.1 Å². The summed E-state index contributed by atoms with van der Waals surface area (Å²) in [6.45, 7) is 0. The van der Waals surface area contributed by atoms with Crippen molar-refractivity contribution in [2.45, 2.75) is 0 Å². The third-order valence-electron chi connectivity index (χ3n) is 0. The minimum Gasteiger partial charge on any atom is 0 e. The molecule has 0 fully saturated rings. The molecule has 0 aromatic carbocycles. The summed E-state index contributed by atoms with van der Waals surface area (Å²) in [6.07, 6.45) is 0. The third-order valence-corrected chi connectivity index (χ3v) is 0. The van der Waals surface area contributed by atoms with Gasteiger partial charge in [-0.3, -0.25) is 0 Å². The summed E-state index contributed by atoms with van der Waals surface area (Å²) >= 11 is 0. The van der Waals surface area contributed by atoms with Gasteiger partial charge in [-0.2, -0.15) is 0 Å². The number of hydrogen-bond acceptors (Lipinski definition) is 0. The average molecular weight is 411 g/mol. The molecule has 0 heterocycles. The zero-order valence-corrected chi connectivity index (χ0v) is 11.6. The van der Waals surface area contributed by atoms with Gasteiger partial charge in [0, 0.05) is 88.8 Å². The van der Waals surface area contributed by atoms with Gasteiger partial charge in [-0.25, -0.2) is 0 Å². The van der Waals surface area contributed by atoms with E-state index in [4.69, 9.17) is 0 Å². The van der Waals surface area contributed by atoms with Gasteiger partial charge in [0.1, 0.15) is 0 Å². The number of rotatable bonds is 0. The van der Waals surface area contributed by atoms with Crippen molar-refractivity contribution in [3.05, 3.63) is 0 Å². The van der Waals surface area contributed by atoms with E-state index >= 15 is 0 Å². The molecule has 0 aromatic heterocycles. The van der Waals surface area contributed by atoms with Crippen LogP contribution in [0.3, 0.4) is 0 Å². The Bertz CT molecular complexity index is 3.25. The van der Waals surface area contributed by atoms with Gasteiger partial charge in [0.2, 0.25) is 0 Å². The molecule has 0 amide bonds.